The van der Waals surface area contributed by atoms with Gasteiger partial charge in [-0.3, -0.25) is 4.55 Å². The van der Waals surface area contributed by atoms with Gasteiger partial charge >= 0.3 is 207 Å². The van der Waals surface area contributed by atoms with Gasteiger partial charge in [0.2, 0.25) is 23.8 Å². The number of ether oxygens (including phenoxy) is 1. The van der Waals surface area contributed by atoms with Crippen molar-refractivity contribution in [3.8, 4) is 11.5 Å². The minimum Gasteiger partial charge on any atom is -0.872 e. The van der Waals surface area contributed by atoms with E-state index in [1.54, 1.807) is 13.0 Å². The van der Waals surface area contributed by atoms with Crippen molar-refractivity contribution in [2.75, 3.05) is 95.3 Å². The summed E-state index contributed by atoms with van der Waals surface area (Å²) in [4.78, 5) is 24.7. The number of hydrogen-bond donors (Lipinski definition) is 8. The van der Waals surface area contributed by atoms with Crippen molar-refractivity contribution in [2.24, 2.45) is 20.5 Å². The molecule has 8 rings (SSSR count). The number of nitrogen functional groups attached to an aromatic ring is 1. The fourth-order valence-corrected chi connectivity index (χ4v) is 14.4. The normalized spacial score (nSPS) is 11.7. The van der Waals surface area contributed by atoms with E-state index in [0.717, 1.165) is 66.0 Å². The summed E-state index contributed by atoms with van der Waals surface area (Å²) in [5.41, 5.74) is 6.25. The number of nitrogens with two attached hydrogens (primary N) is 1. The molecule has 108 heavy (non-hydrogen) atoms. The molecule has 546 valence electrons. The number of nitrogens with zero attached hydrogens (tertiary/aromatic N) is 11. The van der Waals surface area contributed by atoms with Gasteiger partial charge in [-0.2, -0.15) is 48.6 Å². The summed E-state index contributed by atoms with van der Waals surface area (Å²) in [5, 5.41) is 68.1. The molecule has 0 amide bonds. The quantitative estimate of drug-likeness (QED) is 0.00214. The van der Waals surface area contributed by atoms with Crippen LogP contribution in [0.1, 0.15) is 18.4 Å². The van der Waals surface area contributed by atoms with Crippen LogP contribution in [0.15, 0.2) is 135 Å². The van der Waals surface area contributed by atoms with Gasteiger partial charge in [0, 0.05) is 75.5 Å². The number of aliphatic hydroxyl groups is 2. The molecule has 56 heteroatoms. The van der Waals surface area contributed by atoms with Gasteiger partial charge in [-0.05, 0) is 85.3 Å². The fraction of sp³-hybridized carbons (Fsp3) is 0.269. The van der Waals surface area contributed by atoms with Gasteiger partial charge in [-0.15, -0.1) is 14.6 Å². The van der Waals surface area contributed by atoms with Gasteiger partial charge in [-0.1, -0.05) is 58.6 Å². The Morgan fingerprint density at radius 3 is 1.71 bits per heavy atom. The smallest absolute Gasteiger partial charge is 0.872 e. The van der Waals surface area contributed by atoms with Crippen molar-refractivity contribution in [1.82, 2.24) is 29.9 Å². The molecule has 0 saturated carbocycles. The molecule has 0 aliphatic heterocycles. The molecular formula is C52H53N15Na7O25S9+. The molecule has 0 aliphatic carbocycles. The van der Waals surface area contributed by atoms with E-state index >= 15 is 0 Å². The average Bonchev–Trinajstić information content (AvgIpc) is 0.751. The number of hydrogen-bond acceptors (Lipinski definition) is 42. The van der Waals surface area contributed by atoms with Crippen LogP contribution >= 0.6 is 35.6 Å². The van der Waals surface area contributed by atoms with Crippen LogP contribution in [0.4, 0.5) is 63.6 Å². The Morgan fingerprint density at radius 1 is 0.593 bits per heavy atom. The zero-order valence-electron chi connectivity index (χ0n) is 58.6. The Balaban J connectivity index is 0.00000199. The molecule has 9 N–H and O–H groups in total. The van der Waals surface area contributed by atoms with E-state index in [-0.39, 0.29) is 353 Å². The number of methoxy groups -OCH3 is 1. The number of anilines is 7. The van der Waals surface area contributed by atoms with E-state index < -0.39 is 104 Å². The van der Waals surface area contributed by atoms with Crippen molar-refractivity contribution < 1.29 is 319 Å². The molecule has 0 bridgehead atoms. The van der Waals surface area contributed by atoms with Crippen LogP contribution in [0.3, 0.4) is 0 Å². The van der Waals surface area contributed by atoms with E-state index in [2.05, 4.69) is 75.7 Å². The van der Waals surface area contributed by atoms with Gasteiger partial charge in [-0.25, -0.2) is 47.3 Å². The first kappa shape index (κ1) is 107. The maximum Gasteiger partial charge on any atom is 1.00 e. The minimum absolute atomic E-state index is 0. The van der Waals surface area contributed by atoms with Crippen molar-refractivity contribution in [2.45, 2.75) is 49.7 Å². The Labute approximate surface area is 786 Å². The summed E-state index contributed by atoms with van der Waals surface area (Å²) >= 11 is 2.63. The van der Waals surface area contributed by atoms with Gasteiger partial charge in [0.15, 0.2) is 10.3 Å². The first-order chi connectivity index (χ1) is 47.3. The molecule has 0 spiro atoms. The monoisotopic (exact) mass is 1740 g/mol. The summed E-state index contributed by atoms with van der Waals surface area (Å²) in [6.45, 7) is 0.479. The maximum atomic E-state index is 12.9. The number of azo groups is 2. The van der Waals surface area contributed by atoms with Crippen molar-refractivity contribution in [3.63, 3.8) is 0 Å². The molecular weight excluding hydrogens is 1680 g/mol. The molecule has 40 nitrogen and oxygen atoms in total. The van der Waals surface area contributed by atoms with E-state index in [9.17, 15) is 93.1 Å². The molecule has 2 aromatic heterocycles. The number of aryl methyl sites for hydroxylation is 1. The number of aliphatic hydroxyl groups excluding tert-OH is 2. The van der Waals surface area contributed by atoms with Crippen molar-refractivity contribution >= 4 is 181 Å². The third-order valence-corrected chi connectivity index (χ3v) is 20.2. The molecule has 8 aromatic rings. The number of aromatic nitrogens is 6. The van der Waals surface area contributed by atoms with E-state index in [4.69, 9.17) is 15.7 Å². The second-order valence-electron chi connectivity index (χ2n) is 20.2. The van der Waals surface area contributed by atoms with Gasteiger partial charge in [0.1, 0.15) is 42.3 Å². The Morgan fingerprint density at radius 2 is 1.17 bits per heavy atom. The molecule has 0 saturated heterocycles. The molecule has 6 aromatic carbocycles. The van der Waals surface area contributed by atoms with E-state index in [0.29, 0.717) is 28.7 Å². The molecule has 0 aliphatic rings. The second-order valence-corrected chi connectivity index (χ2v) is 31.7. The van der Waals surface area contributed by atoms with Crippen LogP contribution in [0, 0.1) is 6.92 Å². The van der Waals surface area contributed by atoms with Crippen LogP contribution < -0.4 is 243 Å². The zero-order chi connectivity index (χ0) is 74.3. The minimum atomic E-state index is -5.20. The predicted octanol–water partition coefficient (Wildman–Crippen LogP) is -16.3. The predicted molar refractivity (Wildman–Crippen MR) is 356 cm³/mol. The van der Waals surface area contributed by atoms with Crippen LogP contribution in [-0.2, 0) is 70.1 Å². The van der Waals surface area contributed by atoms with Crippen LogP contribution in [0.2, 0.25) is 0 Å². The summed E-state index contributed by atoms with van der Waals surface area (Å²) in [6.07, 6.45) is 0.0418. The Kier molecular flexibility index (Phi) is 48.2. The number of rotatable bonds is 34. The van der Waals surface area contributed by atoms with Crippen LogP contribution in [-0.4, -0.2) is 192 Å². The number of nitrogens with one attached hydrogen (secondary N) is 3. The third kappa shape index (κ3) is 34.3. The standard InChI is InChI=1S/C27H30N6O13S6.C25H29N9O12S3.7Na/c1-16-12-21(28-25-29-26(47-8-4-10-49(34,35)36)31-27(30-25)48-9-5-11-50(37,38)39)22(46-2)15-20(16)33-32-17-13-19-18(24(14-17)52(43,44)45)6-3-7-23(19)51(40,41)42;26-17-3-1-14-11-16(47-46-45-38)13-19(37)21(14)22(17)33-32-18-4-2-15(12-20(18)49(42,43)44)28-24-29-23(27-5-10-48(39,40)41)30-25(31-24)34(6-8-35)7-9-36;;;;;;;/h3,6-7,12-15H,4-5,8-11H2,1-2H3,(H,34,35,36)(H,37,38,39)(H,40,41,42)(H,43,44,45)(H,28,29,30,31);1-4,11-13,35-38H,5-10,26H2,(H,39,40,41)(H,42,43,44)(H2,27,28,29,30,31);;;;;;;/q;;7*+1/p-6. The third-order valence-electron chi connectivity index (χ3n) is 12.9. The first-order valence-electron chi connectivity index (χ1n) is 28.0. The largest absolute Gasteiger partial charge is 1.00 e. The molecule has 0 radical (unpaired) electrons. The molecule has 0 fully saturated rings. The van der Waals surface area contributed by atoms with Gasteiger partial charge in [0.05, 0.1) is 101 Å². The summed E-state index contributed by atoms with van der Waals surface area (Å²) in [5.74, 6) is -2.60. The van der Waals surface area contributed by atoms with E-state index in [1.807, 2.05) is 0 Å². The maximum absolute atomic E-state index is 12.9. The number of fused-ring (bicyclic) bond motifs is 2. The topological polar surface area (TPSA) is 644 Å². The fourth-order valence-electron chi connectivity index (χ4n) is 8.60. The zero-order valence-corrected chi connectivity index (χ0v) is 79.9. The van der Waals surface area contributed by atoms with Gasteiger partial charge in [0.25, 0.3) is 10.1 Å². The summed E-state index contributed by atoms with van der Waals surface area (Å²) in [7, 11) is -27.2. The van der Waals surface area contributed by atoms with Gasteiger partial charge < -0.3 is 69.4 Å². The second kappa shape index (κ2) is 48.6. The van der Waals surface area contributed by atoms with E-state index in [1.165, 1.54) is 48.4 Å². The first-order valence-corrected chi connectivity index (χ1v) is 39.7. The summed E-state index contributed by atoms with van der Waals surface area (Å²) in [6, 6.07) is 17.4. The SMILES string of the molecule is COc1cc(N=Nc2cc(S(=O)(=O)O)c3cccc(S(=O)(=O)[O-])c3c2)c(C)cc1Nc1nc(SCCCS(=O)(=O)[O-])nc(SCCCS(=O)(=O)[O-])n1.Nc1ccc2cc(SOOO)cc([O-])c2c1N=Nc1ccc(Nc2nc(NCCS(=O)(=O)[O-])nc(N(CCO)CCO)n2)cc1S(=O)(=O)[O-].[Na+].[Na+].[Na+].[Na+].[Na+].[Na+].[Na+]. The van der Waals surface area contributed by atoms with Crippen LogP contribution in [0.25, 0.3) is 21.5 Å². The van der Waals surface area contributed by atoms with Crippen LogP contribution in [0.5, 0.6) is 11.5 Å². The van der Waals surface area contributed by atoms with Crippen molar-refractivity contribution in [1.29, 1.82) is 0 Å². The number of benzene rings is 6. The number of thioether (sulfide) groups is 2. The summed E-state index contributed by atoms with van der Waals surface area (Å²) < 4.78 is 215. The molecule has 0 unspecified atom stereocenters. The average molecular weight is 1740 g/mol. The Hall–Kier alpha value is -1.03. The Bertz CT molecular complexity index is 5130. The van der Waals surface area contributed by atoms with Crippen molar-refractivity contribution in [3.05, 3.63) is 90.5 Å². The molecule has 2 heterocycles. The molecule has 0 atom stereocenters.